The molecular formula is C18H25NO4. The normalized spacial score (nSPS) is 18.0. The van der Waals surface area contributed by atoms with Crippen LogP contribution in [0.2, 0.25) is 0 Å². The van der Waals surface area contributed by atoms with Crippen LogP contribution in [-0.2, 0) is 4.79 Å². The Morgan fingerprint density at radius 2 is 2.04 bits per heavy atom. The van der Waals surface area contributed by atoms with Crippen LogP contribution in [0.15, 0.2) is 24.3 Å². The van der Waals surface area contributed by atoms with Crippen LogP contribution in [0, 0.1) is 0 Å². The number of hydrogen-bond donors (Lipinski definition) is 1. The molecule has 1 aromatic rings. The number of ketones is 1. The number of Topliss-reactive ketones (excluding diaryl/α,β-unsaturated/α-hetero) is 1. The molecule has 23 heavy (non-hydrogen) atoms. The van der Waals surface area contributed by atoms with E-state index in [1.165, 1.54) is 0 Å². The molecule has 0 bridgehead atoms. The molecule has 1 aromatic carbocycles. The van der Waals surface area contributed by atoms with E-state index in [4.69, 9.17) is 9.84 Å². The maximum absolute atomic E-state index is 12.3. The molecule has 0 aromatic heterocycles. The zero-order chi connectivity index (χ0) is 16.7. The van der Waals surface area contributed by atoms with Crippen molar-refractivity contribution in [2.24, 2.45) is 0 Å². The number of rotatable bonds is 9. The van der Waals surface area contributed by atoms with Crippen LogP contribution in [0.25, 0.3) is 0 Å². The minimum absolute atomic E-state index is 0.0742. The van der Waals surface area contributed by atoms with Crippen LogP contribution in [0.3, 0.4) is 0 Å². The second kappa shape index (κ2) is 8.67. The number of ether oxygens (including phenoxy) is 1. The average molecular weight is 319 g/mol. The van der Waals surface area contributed by atoms with Crippen molar-refractivity contribution in [3.05, 3.63) is 29.8 Å². The number of carbonyl (C=O) groups is 2. The number of benzene rings is 1. The Hall–Kier alpha value is -1.88. The molecule has 1 N–H and O–H groups in total. The molecule has 0 radical (unpaired) electrons. The van der Waals surface area contributed by atoms with E-state index in [2.05, 4.69) is 4.90 Å². The van der Waals surface area contributed by atoms with Crippen molar-refractivity contribution < 1.29 is 19.4 Å². The van der Waals surface area contributed by atoms with Crippen molar-refractivity contribution in [1.29, 1.82) is 0 Å². The SMILES string of the molecule is CCCOc1ccc(C(=O)CCN2CCCC2CC(=O)O)cc1. The Bertz CT molecular complexity index is 526. The lowest BCUT2D eigenvalue weighted by Crippen LogP contribution is -2.33. The molecule has 126 valence electrons. The van der Waals surface area contributed by atoms with Gasteiger partial charge < -0.3 is 9.84 Å². The third-order valence-corrected chi connectivity index (χ3v) is 4.18. The summed E-state index contributed by atoms with van der Waals surface area (Å²) in [6.45, 7) is 4.24. The molecule has 1 atom stereocenters. The molecule has 0 spiro atoms. The highest BCUT2D eigenvalue weighted by Gasteiger charge is 2.26. The van der Waals surface area contributed by atoms with E-state index in [0.29, 0.717) is 25.1 Å². The van der Waals surface area contributed by atoms with E-state index in [1.807, 2.05) is 19.1 Å². The van der Waals surface area contributed by atoms with Crippen LogP contribution in [0.4, 0.5) is 0 Å². The first kappa shape index (κ1) is 17.5. The van der Waals surface area contributed by atoms with E-state index in [0.717, 1.165) is 31.6 Å². The number of carbonyl (C=O) groups excluding carboxylic acids is 1. The van der Waals surface area contributed by atoms with Gasteiger partial charge in [0.25, 0.3) is 0 Å². The summed E-state index contributed by atoms with van der Waals surface area (Å²) in [5.74, 6) is 0.105. The van der Waals surface area contributed by atoms with Gasteiger partial charge >= 0.3 is 5.97 Å². The van der Waals surface area contributed by atoms with Crippen LogP contribution in [0.5, 0.6) is 5.75 Å². The smallest absolute Gasteiger partial charge is 0.304 e. The number of carboxylic acids is 1. The Labute approximate surface area is 137 Å². The standard InChI is InChI=1S/C18H25NO4/c1-2-12-23-16-7-5-14(6-8-16)17(20)9-11-19-10-3-4-15(19)13-18(21)22/h5-8,15H,2-4,9-13H2,1H3,(H,21,22). The largest absolute Gasteiger partial charge is 0.494 e. The van der Waals surface area contributed by atoms with Crippen LogP contribution >= 0.6 is 0 Å². The lowest BCUT2D eigenvalue weighted by Gasteiger charge is -2.22. The Balaban J connectivity index is 1.83. The van der Waals surface area contributed by atoms with Gasteiger partial charge in [0.2, 0.25) is 0 Å². The zero-order valence-electron chi connectivity index (χ0n) is 13.7. The number of nitrogens with zero attached hydrogens (tertiary/aromatic N) is 1. The minimum atomic E-state index is -0.768. The third kappa shape index (κ3) is 5.36. The highest BCUT2D eigenvalue weighted by atomic mass is 16.5. The second-order valence-corrected chi connectivity index (χ2v) is 5.98. The number of likely N-dealkylation sites (tertiary alicyclic amines) is 1. The van der Waals surface area contributed by atoms with Crippen molar-refractivity contribution in [2.45, 2.75) is 45.1 Å². The monoisotopic (exact) mass is 319 g/mol. The van der Waals surface area contributed by atoms with Crippen molar-refractivity contribution in [2.75, 3.05) is 19.7 Å². The minimum Gasteiger partial charge on any atom is -0.494 e. The van der Waals surface area contributed by atoms with Gasteiger partial charge in [0.05, 0.1) is 13.0 Å². The van der Waals surface area contributed by atoms with Crippen LogP contribution in [0.1, 0.15) is 49.4 Å². The highest BCUT2D eigenvalue weighted by molar-refractivity contribution is 5.96. The Morgan fingerprint density at radius 3 is 2.70 bits per heavy atom. The molecule has 1 saturated heterocycles. The van der Waals surface area contributed by atoms with Gasteiger partial charge in [0.1, 0.15) is 5.75 Å². The summed E-state index contributed by atoms with van der Waals surface area (Å²) >= 11 is 0. The maximum atomic E-state index is 12.3. The van der Waals surface area contributed by atoms with Crippen molar-refractivity contribution >= 4 is 11.8 Å². The van der Waals surface area contributed by atoms with Crippen LogP contribution < -0.4 is 4.74 Å². The molecule has 1 aliphatic rings. The summed E-state index contributed by atoms with van der Waals surface area (Å²) in [6.07, 6.45) is 3.45. The van der Waals surface area contributed by atoms with Crippen molar-refractivity contribution in [3.8, 4) is 5.75 Å². The van der Waals surface area contributed by atoms with E-state index < -0.39 is 5.97 Å². The van der Waals surface area contributed by atoms with E-state index in [9.17, 15) is 9.59 Å². The van der Waals surface area contributed by atoms with Gasteiger partial charge in [-0.3, -0.25) is 14.5 Å². The summed E-state index contributed by atoms with van der Waals surface area (Å²) in [5.41, 5.74) is 0.683. The van der Waals surface area contributed by atoms with Crippen LogP contribution in [-0.4, -0.2) is 47.5 Å². The van der Waals surface area contributed by atoms with Gasteiger partial charge in [-0.25, -0.2) is 0 Å². The van der Waals surface area contributed by atoms with Gasteiger partial charge in [-0.2, -0.15) is 0 Å². The van der Waals surface area contributed by atoms with E-state index >= 15 is 0 Å². The van der Waals surface area contributed by atoms with Gasteiger partial charge in [-0.05, 0) is 50.1 Å². The van der Waals surface area contributed by atoms with E-state index in [1.54, 1.807) is 12.1 Å². The zero-order valence-corrected chi connectivity index (χ0v) is 13.7. The number of carboxylic acid groups (broad SMARTS) is 1. The molecule has 0 amide bonds. The quantitative estimate of drug-likeness (QED) is 0.709. The van der Waals surface area contributed by atoms with Gasteiger partial charge in [-0.15, -0.1) is 0 Å². The molecule has 5 heteroatoms. The fourth-order valence-electron chi connectivity index (χ4n) is 2.97. The number of hydrogen-bond acceptors (Lipinski definition) is 4. The summed E-state index contributed by atoms with van der Waals surface area (Å²) in [5, 5.41) is 8.93. The van der Waals surface area contributed by atoms with Crippen molar-refractivity contribution in [3.63, 3.8) is 0 Å². The Kier molecular flexibility index (Phi) is 6.59. The summed E-state index contributed by atoms with van der Waals surface area (Å²) in [7, 11) is 0. The average Bonchev–Trinajstić information content (AvgIpc) is 2.97. The Morgan fingerprint density at radius 1 is 1.30 bits per heavy atom. The lowest BCUT2D eigenvalue weighted by molar-refractivity contribution is -0.138. The van der Waals surface area contributed by atoms with Gasteiger partial charge in [0, 0.05) is 24.6 Å². The first-order valence-corrected chi connectivity index (χ1v) is 8.32. The molecule has 1 fully saturated rings. The van der Waals surface area contributed by atoms with Crippen molar-refractivity contribution in [1.82, 2.24) is 4.90 Å². The molecule has 1 unspecified atom stereocenters. The highest BCUT2D eigenvalue weighted by Crippen LogP contribution is 2.21. The van der Waals surface area contributed by atoms with Gasteiger partial charge in [0.15, 0.2) is 5.78 Å². The lowest BCUT2D eigenvalue weighted by atomic mass is 10.1. The number of aliphatic carboxylic acids is 1. The fraction of sp³-hybridized carbons (Fsp3) is 0.556. The first-order valence-electron chi connectivity index (χ1n) is 8.32. The van der Waals surface area contributed by atoms with Gasteiger partial charge in [-0.1, -0.05) is 6.92 Å². The summed E-state index contributed by atoms with van der Waals surface area (Å²) in [4.78, 5) is 25.3. The van der Waals surface area contributed by atoms with E-state index in [-0.39, 0.29) is 18.2 Å². The molecule has 5 nitrogen and oxygen atoms in total. The predicted octanol–water partition coefficient (Wildman–Crippen LogP) is 2.99. The topological polar surface area (TPSA) is 66.8 Å². The first-order chi connectivity index (χ1) is 11.1. The second-order valence-electron chi connectivity index (χ2n) is 5.98. The molecule has 1 heterocycles. The maximum Gasteiger partial charge on any atom is 0.304 e. The fourth-order valence-corrected chi connectivity index (χ4v) is 2.97. The third-order valence-electron chi connectivity index (χ3n) is 4.18. The molecule has 2 rings (SSSR count). The molecule has 1 aliphatic heterocycles. The predicted molar refractivity (Wildman–Crippen MR) is 88.0 cm³/mol. The molecule has 0 aliphatic carbocycles. The summed E-state index contributed by atoms with van der Waals surface area (Å²) in [6, 6.07) is 7.32. The molecular weight excluding hydrogens is 294 g/mol. The molecule has 0 saturated carbocycles. The summed E-state index contributed by atoms with van der Waals surface area (Å²) < 4.78 is 5.51.